The van der Waals surface area contributed by atoms with Crippen LogP contribution in [0, 0.1) is 0 Å². The van der Waals surface area contributed by atoms with Crippen molar-refractivity contribution < 1.29 is 14.3 Å². The Balaban J connectivity index is 1.62. The fourth-order valence-corrected chi connectivity index (χ4v) is 2.98. The van der Waals surface area contributed by atoms with E-state index in [0.717, 1.165) is 41.4 Å². The van der Waals surface area contributed by atoms with E-state index in [2.05, 4.69) is 26.3 Å². The molecule has 0 aliphatic carbocycles. The van der Waals surface area contributed by atoms with Gasteiger partial charge in [0.15, 0.2) is 17.5 Å². The zero-order valence-electron chi connectivity index (χ0n) is 18.3. The SMILES string of the molecule is CCNC(=NCc1ccc(NC(=O)NC(C)C)cc1)Nc1ccc2c(c1)OCCCO2. The van der Waals surface area contributed by atoms with E-state index in [1.165, 1.54) is 0 Å². The van der Waals surface area contributed by atoms with Crippen LogP contribution in [0.1, 0.15) is 32.8 Å². The monoisotopic (exact) mass is 425 g/mol. The Labute approximate surface area is 183 Å². The number of nitrogens with one attached hydrogen (secondary N) is 4. The molecule has 4 N–H and O–H groups in total. The smallest absolute Gasteiger partial charge is 0.319 e. The van der Waals surface area contributed by atoms with Gasteiger partial charge in [0.1, 0.15) is 0 Å². The first-order valence-electron chi connectivity index (χ1n) is 10.6. The highest BCUT2D eigenvalue weighted by Crippen LogP contribution is 2.32. The lowest BCUT2D eigenvalue weighted by Crippen LogP contribution is -2.34. The number of hydrogen-bond acceptors (Lipinski definition) is 4. The van der Waals surface area contributed by atoms with Crippen molar-refractivity contribution >= 4 is 23.4 Å². The minimum absolute atomic E-state index is 0.0873. The van der Waals surface area contributed by atoms with Gasteiger partial charge in [-0.3, -0.25) is 0 Å². The highest BCUT2D eigenvalue weighted by molar-refractivity contribution is 5.94. The molecule has 2 amide bonds. The van der Waals surface area contributed by atoms with Gasteiger partial charge in [-0.15, -0.1) is 0 Å². The zero-order chi connectivity index (χ0) is 22.1. The molecule has 0 unspecified atom stereocenters. The van der Waals surface area contributed by atoms with Crippen molar-refractivity contribution in [2.45, 2.75) is 39.8 Å². The van der Waals surface area contributed by atoms with Crippen molar-refractivity contribution in [3.05, 3.63) is 48.0 Å². The summed E-state index contributed by atoms with van der Waals surface area (Å²) in [4.78, 5) is 16.5. The minimum atomic E-state index is -0.213. The summed E-state index contributed by atoms with van der Waals surface area (Å²) in [5, 5.41) is 12.2. The number of anilines is 2. The summed E-state index contributed by atoms with van der Waals surface area (Å²) in [6.07, 6.45) is 0.873. The summed E-state index contributed by atoms with van der Waals surface area (Å²) in [7, 11) is 0. The van der Waals surface area contributed by atoms with Crippen LogP contribution >= 0.6 is 0 Å². The van der Waals surface area contributed by atoms with Crippen molar-refractivity contribution in [2.24, 2.45) is 4.99 Å². The molecule has 0 aromatic heterocycles. The molecular formula is C23H31N5O3. The minimum Gasteiger partial charge on any atom is -0.490 e. The third kappa shape index (κ3) is 7.09. The number of nitrogens with zero attached hydrogens (tertiary/aromatic N) is 1. The molecule has 3 rings (SSSR count). The summed E-state index contributed by atoms with van der Waals surface area (Å²) >= 11 is 0. The first kappa shape index (κ1) is 22.3. The van der Waals surface area contributed by atoms with Crippen LogP contribution < -0.4 is 30.7 Å². The molecule has 0 fully saturated rings. The Morgan fingerprint density at radius 1 is 1.00 bits per heavy atom. The van der Waals surface area contributed by atoms with E-state index in [1.54, 1.807) is 0 Å². The maximum atomic E-state index is 11.8. The number of aliphatic imine (C=N–C) groups is 1. The average molecular weight is 426 g/mol. The topological polar surface area (TPSA) is 96.0 Å². The Hall–Kier alpha value is -3.42. The van der Waals surface area contributed by atoms with E-state index in [4.69, 9.17) is 9.47 Å². The molecular weight excluding hydrogens is 394 g/mol. The Morgan fingerprint density at radius 3 is 2.42 bits per heavy atom. The van der Waals surface area contributed by atoms with Gasteiger partial charge in [-0.1, -0.05) is 12.1 Å². The van der Waals surface area contributed by atoms with Gasteiger partial charge in [-0.05, 0) is 50.6 Å². The Morgan fingerprint density at radius 2 is 1.71 bits per heavy atom. The van der Waals surface area contributed by atoms with E-state index < -0.39 is 0 Å². The van der Waals surface area contributed by atoms with Crippen LogP contribution in [0.5, 0.6) is 11.5 Å². The van der Waals surface area contributed by atoms with E-state index >= 15 is 0 Å². The van der Waals surface area contributed by atoms with Crippen molar-refractivity contribution in [3.63, 3.8) is 0 Å². The zero-order valence-corrected chi connectivity index (χ0v) is 18.3. The highest BCUT2D eigenvalue weighted by atomic mass is 16.5. The maximum absolute atomic E-state index is 11.8. The molecule has 0 atom stereocenters. The molecule has 1 heterocycles. The third-order valence-corrected chi connectivity index (χ3v) is 4.41. The molecule has 2 aromatic rings. The number of hydrogen-bond donors (Lipinski definition) is 4. The first-order valence-corrected chi connectivity index (χ1v) is 10.6. The number of benzene rings is 2. The summed E-state index contributed by atoms with van der Waals surface area (Å²) < 4.78 is 11.4. The molecule has 8 heteroatoms. The van der Waals surface area contributed by atoms with Gasteiger partial charge in [-0.2, -0.15) is 0 Å². The second-order valence-corrected chi connectivity index (χ2v) is 7.48. The molecule has 0 bridgehead atoms. The molecule has 1 aliphatic rings. The lowest BCUT2D eigenvalue weighted by atomic mass is 10.2. The molecule has 2 aromatic carbocycles. The lowest BCUT2D eigenvalue weighted by molar-refractivity contribution is 0.250. The molecule has 0 saturated carbocycles. The second kappa shape index (κ2) is 11.1. The largest absolute Gasteiger partial charge is 0.490 e. The summed E-state index contributed by atoms with van der Waals surface area (Å²) in [6, 6.07) is 13.3. The number of carbonyl (C=O) groups is 1. The average Bonchev–Trinajstić information content (AvgIpc) is 2.97. The van der Waals surface area contributed by atoms with E-state index in [9.17, 15) is 4.79 Å². The van der Waals surface area contributed by atoms with Gasteiger partial charge in [0.25, 0.3) is 0 Å². The Kier molecular flexibility index (Phi) is 7.98. The van der Waals surface area contributed by atoms with Gasteiger partial charge in [-0.25, -0.2) is 9.79 Å². The van der Waals surface area contributed by atoms with Crippen LogP contribution in [0.4, 0.5) is 16.2 Å². The molecule has 0 saturated heterocycles. The first-order chi connectivity index (χ1) is 15.0. The third-order valence-electron chi connectivity index (χ3n) is 4.41. The molecule has 8 nitrogen and oxygen atoms in total. The van der Waals surface area contributed by atoms with Gasteiger partial charge in [0.05, 0.1) is 19.8 Å². The van der Waals surface area contributed by atoms with Crippen LogP contribution in [-0.2, 0) is 6.54 Å². The number of fused-ring (bicyclic) bond motifs is 1. The number of rotatable bonds is 6. The molecule has 0 radical (unpaired) electrons. The number of amides is 2. The molecule has 0 spiro atoms. The molecule has 1 aliphatic heterocycles. The lowest BCUT2D eigenvalue weighted by Gasteiger charge is -2.14. The number of urea groups is 1. The number of guanidine groups is 1. The van der Waals surface area contributed by atoms with E-state index in [0.29, 0.717) is 25.7 Å². The van der Waals surface area contributed by atoms with E-state index in [1.807, 2.05) is 63.2 Å². The molecule has 166 valence electrons. The van der Waals surface area contributed by atoms with Crippen LogP contribution in [0.25, 0.3) is 0 Å². The highest BCUT2D eigenvalue weighted by Gasteiger charge is 2.11. The summed E-state index contributed by atoms with van der Waals surface area (Å²) in [5.41, 5.74) is 2.65. The molecule has 31 heavy (non-hydrogen) atoms. The van der Waals surface area contributed by atoms with Gasteiger partial charge in [0.2, 0.25) is 0 Å². The van der Waals surface area contributed by atoms with Gasteiger partial charge < -0.3 is 30.7 Å². The summed E-state index contributed by atoms with van der Waals surface area (Å²) in [5.74, 6) is 2.18. The van der Waals surface area contributed by atoms with Crippen molar-refractivity contribution in [2.75, 3.05) is 30.4 Å². The van der Waals surface area contributed by atoms with E-state index in [-0.39, 0.29) is 12.1 Å². The fraction of sp³-hybridized carbons (Fsp3) is 0.391. The maximum Gasteiger partial charge on any atom is 0.319 e. The number of ether oxygens (including phenoxy) is 2. The van der Waals surface area contributed by atoms with Gasteiger partial charge >= 0.3 is 6.03 Å². The van der Waals surface area contributed by atoms with Crippen LogP contribution in [0.3, 0.4) is 0 Å². The van der Waals surface area contributed by atoms with Crippen molar-refractivity contribution in [1.82, 2.24) is 10.6 Å². The predicted molar refractivity (Wildman–Crippen MR) is 124 cm³/mol. The van der Waals surface area contributed by atoms with Gasteiger partial charge in [0, 0.05) is 36.4 Å². The van der Waals surface area contributed by atoms with Crippen molar-refractivity contribution in [3.8, 4) is 11.5 Å². The van der Waals surface area contributed by atoms with Crippen LogP contribution in [-0.4, -0.2) is 37.8 Å². The summed E-state index contributed by atoms with van der Waals surface area (Å²) in [6.45, 7) is 8.41. The van der Waals surface area contributed by atoms with Crippen LogP contribution in [0.15, 0.2) is 47.5 Å². The standard InChI is InChI=1S/C23H31N5O3/c1-4-24-22(27-19-10-11-20-21(14-19)31-13-5-12-30-20)25-15-17-6-8-18(9-7-17)28-23(29)26-16(2)3/h6-11,14,16H,4-5,12-13,15H2,1-3H3,(H2,24,25,27)(H2,26,28,29). The number of carbonyl (C=O) groups excluding carboxylic acids is 1. The normalized spacial score (nSPS) is 13.4. The second-order valence-electron chi connectivity index (χ2n) is 7.48. The van der Waals surface area contributed by atoms with Crippen LogP contribution in [0.2, 0.25) is 0 Å². The Bertz CT molecular complexity index is 897. The fourth-order valence-electron chi connectivity index (χ4n) is 2.98. The van der Waals surface area contributed by atoms with Crippen molar-refractivity contribution in [1.29, 1.82) is 0 Å². The predicted octanol–water partition coefficient (Wildman–Crippen LogP) is 3.96. The quantitative estimate of drug-likeness (QED) is 0.415.